The maximum Gasteiger partial charge on any atom is 0.191 e. The van der Waals surface area contributed by atoms with Gasteiger partial charge in [0.25, 0.3) is 0 Å². The maximum atomic E-state index is 6.28. The molecule has 8 heteroatoms. The zero-order valence-electron chi connectivity index (χ0n) is 14.8. The van der Waals surface area contributed by atoms with E-state index in [4.69, 9.17) is 32.7 Å². The van der Waals surface area contributed by atoms with Crippen LogP contribution in [0.15, 0.2) is 23.2 Å². The lowest BCUT2D eigenvalue weighted by Gasteiger charge is -2.36. The molecule has 1 fully saturated rings. The van der Waals surface area contributed by atoms with Crippen LogP contribution in [-0.4, -0.2) is 45.5 Å². The molecule has 1 atom stereocenters. The number of nitrogens with one attached hydrogen (secondary N) is 2. The number of nitrogens with zero attached hydrogens (tertiary/aromatic N) is 1. The molecule has 1 aromatic carbocycles. The average molecular weight is 502 g/mol. The van der Waals surface area contributed by atoms with Gasteiger partial charge >= 0.3 is 0 Å². The molecule has 1 aliphatic rings. The summed E-state index contributed by atoms with van der Waals surface area (Å²) in [6.45, 7) is 4.15. The minimum absolute atomic E-state index is 0. The van der Waals surface area contributed by atoms with Crippen LogP contribution in [0, 0.1) is 0 Å². The molecule has 2 rings (SSSR count). The Morgan fingerprint density at radius 2 is 2.04 bits per heavy atom. The van der Waals surface area contributed by atoms with E-state index in [0.717, 1.165) is 31.6 Å². The predicted octanol–water partition coefficient (Wildman–Crippen LogP) is 4.03. The van der Waals surface area contributed by atoms with E-state index in [1.807, 2.05) is 19.1 Å². The highest BCUT2D eigenvalue weighted by Gasteiger charge is 2.32. The molecule has 1 saturated heterocycles. The van der Waals surface area contributed by atoms with Crippen LogP contribution < -0.4 is 10.6 Å². The van der Waals surface area contributed by atoms with E-state index in [0.29, 0.717) is 22.5 Å². The largest absolute Gasteiger partial charge is 0.381 e. The smallest absolute Gasteiger partial charge is 0.191 e. The quantitative estimate of drug-likeness (QED) is 0.363. The fourth-order valence-corrected chi connectivity index (χ4v) is 3.34. The first-order valence-corrected chi connectivity index (χ1v) is 8.80. The lowest BCUT2D eigenvalue weighted by atomic mass is 9.94. The van der Waals surface area contributed by atoms with Gasteiger partial charge in [0.05, 0.1) is 11.6 Å². The number of hydrogen-bond donors (Lipinski definition) is 2. The van der Waals surface area contributed by atoms with Crippen LogP contribution in [0.3, 0.4) is 0 Å². The van der Waals surface area contributed by atoms with Gasteiger partial charge in [-0.15, -0.1) is 24.0 Å². The first-order valence-electron chi connectivity index (χ1n) is 8.05. The minimum atomic E-state index is -0.211. The van der Waals surface area contributed by atoms with E-state index in [9.17, 15) is 0 Å². The molecule has 0 aliphatic carbocycles. The molecule has 0 aromatic heterocycles. The van der Waals surface area contributed by atoms with Gasteiger partial charge in [-0.05, 0) is 24.6 Å². The third-order valence-corrected chi connectivity index (χ3v) is 4.98. The molecule has 0 bridgehead atoms. The molecule has 0 saturated carbocycles. The third kappa shape index (κ3) is 6.43. The number of aliphatic imine (C=N–C) groups is 1. The minimum Gasteiger partial charge on any atom is -0.381 e. The van der Waals surface area contributed by atoms with Gasteiger partial charge in [-0.2, -0.15) is 0 Å². The summed E-state index contributed by atoms with van der Waals surface area (Å²) < 4.78 is 11.2. The van der Waals surface area contributed by atoms with E-state index >= 15 is 0 Å². The van der Waals surface area contributed by atoms with Crippen molar-refractivity contribution in [3.63, 3.8) is 0 Å². The van der Waals surface area contributed by atoms with Gasteiger partial charge < -0.3 is 20.1 Å². The summed E-state index contributed by atoms with van der Waals surface area (Å²) in [5, 5.41) is 7.96. The zero-order chi connectivity index (χ0) is 17.6. The van der Waals surface area contributed by atoms with Crippen LogP contribution in [0.4, 0.5) is 0 Å². The Morgan fingerprint density at radius 3 is 2.60 bits per heavy atom. The second-order valence-electron chi connectivity index (χ2n) is 5.96. The van der Waals surface area contributed by atoms with Crippen LogP contribution in [0.25, 0.3) is 0 Å². The number of ether oxygens (including phenoxy) is 2. The maximum absolute atomic E-state index is 6.28. The molecule has 142 valence electrons. The highest BCUT2D eigenvalue weighted by atomic mass is 127. The molecular formula is C17H26Cl2IN3O2. The van der Waals surface area contributed by atoms with Gasteiger partial charge in [0.15, 0.2) is 5.96 Å². The van der Waals surface area contributed by atoms with Crippen LogP contribution in [0.2, 0.25) is 10.0 Å². The number of halogens is 3. The number of rotatable bonds is 5. The van der Waals surface area contributed by atoms with Gasteiger partial charge in [-0.25, -0.2) is 0 Å². The van der Waals surface area contributed by atoms with E-state index < -0.39 is 0 Å². The molecule has 1 aliphatic heterocycles. The van der Waals surface area contributed by atoms with Gasteiger partial charge in [-0.1, -0.05) is 29.3 Å². The summed E-state index contributed by atoms with van der Waals surface area (Å²) in [5.41, 5.74) is 0.758. The highest BCUT2D eigenvalue weighted by Crippen LogP contribution is 2.26. The average Bonchev–Trinajstić information content (AvgIpc) is 2.59. The van der Waals surface area contributed by atoms with Crippen molar-refractivity contribution < 1.29 is 9.47 Å². The van der Waals surface area contributed by atoms with Crippen molar-refractivity contribution in [3.8, 4) is 0 Å². The zero-order valence-corrected chi connectivity index (χ0v) is 18.6. The van der Waals surface area contributed by atoms with Crippen molar-refractivity contribution in [2.24, 2.45) is 4.99 Å². The van der Waals surface area contributed by atoms with Crippen molar-refractivity contribution >= 4 is 53.1 Å². The summed E-state index contributed by atoms with van der Waals surface area (Å²) in [6, 6.07) is 5.49. The topological polar surface area (TPSA) is 54.9 Å². The summed E-state index contributed by atoms with van der Waals surface area (Å²) in [5.74, 6) is 0.705. The molecule has 25 heavy (non-hydrogen) atoms. The van der Waals surface area contributed by atoms with E-state index in [2.05, 4.69) is 15.6 Å². The van der Waals surface area contributed by atoms with Crippen molar-refractivity contribution in [3.05, 3.63) is 33.8 Å². The van der Waals surface area contributed by atoms with E-state index in [1.54, 1.807) is 20.2 Å². The molecule has 5 nitrogen and oxygen atoms in total. The Labute approximate surface area is 176 Å². The van der Waals surface area contributed by atoms with Crippen LogP contribution in [0.1, 0.15) is 31.4 Å². The number of benzene rings is 1. The molecule has 1 heterocycles. The molecule has 2 N–H and O–H groups in total. The van der Waals surface area contributed by atoms with Gasteiger partial charge in [0.2, 0.25) is 0 Å². The van der Waals surface area contributed by atoms with Gasteiger partial charge in [-0.3, -0.25) is 4.99 Å². The summed E-state index contributed by atoms with van der Waals surface area (Å²) >= 11 is 12.2. The van der Waals surface area contributed by atoms with E-state index in [-0.39, 0.29) is 35.6 Å². The summed E-state index contributed by atoms with van der Waals surface area (Å²) in [7, 11) is 3.49. The fourth-order valence-electron chi connectivity index (χ4n) is 2.77. The fraction of sp³-hybridized carbons (Fsp3) is 0.588. The molecule has 0 amide bonds. The molecule has 0 radical (unpaired) electrons. The predicted molar refractivity (Wildman–Crippen MR) is 115 cm³/mol. The Balaban J connectivity index is 0.00000312. The normalized spacial score (nSPS) is 18.2. The van der Waals surface area contributed by atoms with Crippen LogP contribution in [0.5, 0.6) is 0 Å². The lowest BCUT2D eigenvalue weighted by Crippen LogP contribution is -2.51. The Morgan fingerprint density at radius 1 is 1.36 bits per heavy atom. The second kappa shape index (κ2) is 10.8. The SMILES string of the molecule is CN=C(NCC1(OC)CCOCC1)NC(C)c1ccc(Cl)cc1Cl.I. The molecule has 1 aromatic rings. The van der Waals surface area contributed by atoms with Crippen LogP contribution in [-0.2, 0) is 9.47 Å². The van der Waals surface area contributed by atoms with Gasteiger partial charge in [0.1, 0.15) is 0 Å². The number of hydrogen-bond acceptors (Lipinski definition) is 3. The number of methoxy groups -OCH3 is 1. The molecular weight excluding hydrogens is 476 g/mol. The van der Waals surface area contributed by atoms with Crippen molar-refractivity contribution in [1.82, 2.24) is 10.6 Å². The first kappa shape index (κ1) is 22.8. The third-order valence-electron chi connectivity index (χ3n) is 4.42. The first-order chi connectivity index (χ1) is 11.5. The second-order valence-corrected chi connectivity index (χ2v) is 6.80. The molecule has 1 unspecified atom stereocenters. The Kier molecular flexibility index (Phi) is 9.80. The highest BCUT2D eigenvalue weighted by molar-refractivity contribution is 14.0. The van der Waals surface area contributed by atoms with Crippen molar-refractivity contribution in [2.45, 2.75) is 31.4 Å². The standard InChI is InChI=1S/C17H25Cl2N3O2.HI/c1-12(14-5-4-13(18)10-15(14)19)22-16(20-2)21-11-17(23-3)6-8-24-9-7-17;/h4-5,10,12H,6-9,11H2,1-3H3,(H2,20,21,22);1H. The van der Waals surface area contributed by atoms with Crippen molar-refractivity contribution in [1.29, 1.82) is 0 Å². The Hall–Kier alpha value is -0.280. The monoisotopic (exact) mass is 501 g/mol. The van der Waals surface area contributed by atoms with Crippen LogP contribution >= 0.6 is 47.2 Å². The summed E-state index contributed by atoms with van der Waals surface area (Å²) in [6.07, 6.45) is 1.73. The number of guanidine groups is 1. The van der Waals surface area contributed by atoms with Gasteiger partial charge in [0, 0.05) is 56.8 Å². The van der Waals surface area contributed by atoms with Crippen molar-refractivity contribution in [2.75, 3.05) is 33.9 Å². The Bertz CT molecular complexity index is 581. The molecule has 0 spiro atoms. The summed E-state index contributed by atoms with van der Waals surface area (Å²) in [4.78, 5) is 4.29. The lowest BCUT2D eigenvalue weighted by molar-refractivity contribution is -0.0855. The van der Waals surface area contributed by atoms with E-state index in [1.165, 1.54) is 0 Å².